The third-order valence-corrected chi connectivity index (χ3v) is 6.87. The van der Waals surface area contributed by atoms with Gasteiger partial charge in [-0.15, -0.1) is 5.10 Å². The zero-order valence-electron chi connectivity index (χ0n) is 18.2. The predicted octanol–water partition coefficient (Wildman–Crippen LogP) is 3.86. The van der Waals surface area contributed by atoms with Crippen molar-refractivity contribution in [1.82, 2.24) is 19.7 Å². The molecule has 0 aliphatic heterocycles. The summed E-state index contributed by atoms with van der Waals surface area (Å²) in [6.07, 6.45) is 8.35. The second-order valence-corrected chi connectivity index (χ2v) is 9.47. The van der Waals surface area contributed by atoms with Gasteiger partial charge in [0.15, 0.2) is 11.0 Å². The van der Waals surface area contributed by atoms with Crippen molar-refractivity contribution in [1.29, 1.82) is 0 Å². The van der Waals surface area contributed by atoms with E-state index in [0.717, 1.165) is 33.8 Å². The molecule has 1 aliphatic rings. The van der Waals surface area contributed by atoms with E-state index in [4.69, 9.17) is 16.6 Å². The fraction of sp³-hybridized carbons (Fsp3) is 0.348. The van der Waals surface area contributed by atoms with Crippen LogP contribution in [-0.4, -0.2) is 38.6 Å². The molecule has 0 spiro atoms. The minimum atomic E-state index is 0.361. The largest absolute Gasteiger partial charge is 0.382 e. The van der Waals surface area contributed by atoms with Crippen LogP contribution in [0.25, 0.3) is 21.3 Å². The molecule has 2 aromatic carbocycles. The quantitative estimate of drug-likeness (QED) is 0.179. The molecule has 0 bridgehead atoms. The molecule has 0 atom stereocenters. The minimum Gasteiger partial charge on any atom is -0.382 e. The van der Waals surface area contributed by atoms with Crippen molar-refractivity contribution in [2.45, 2.75) is 44.7 Å². The first-order valence-corrected chi connectivity index (χ1v) is 11.8. The number of nitrogens with one attached hydrogen (secondary N) is 1. The molecule has 0 saturated heterocycles. The maximum absolute atomic E-state index is 6.01. The van der Waals surface area contributed by atoms with Crippen molar-refractivity contribution >= 4 is 43.6 Å². The van der Waals surface area contributed by atoms with Gasteiger partial charge in [0.2, 0.25) is 0 Å². The van der Waals surface area contributed by atoms with E-state index in [2.05, 4.69) is 38.2 Å². The molecule has 0 amide bonds. The molecule has 4 aromatic rings. The first-order valence-electron chi connectivity index (χ1n) is 11.0. The maximum Gasteiger partial charge on any atom is 0.184 e. The molecule has 0 unspecified atom stereocenters. The van der Waals surface area contributed by atoms with E-state index in [1.165, 1.54) is 47.5 Å². The molecule has 32 heavy (non-hydrogen) atoms. The fourth-order valence-electron chi connectivity index (χ4n) is 4.32. The van der Waals surface area contributed by atoms with Crippen molar-refractivity contribution in [2.24, 2.45) is 16.7 Å². The summed E-state index contributed by atoms with van der Waals surface area (Å²) in [5.41, 5.74) is 11.0. The summed E-state index contributed by atoms with van der Waals surface area (Å²) in [7, 11) is 1.63. The minimum absolute atomic E-state index is 0.361. The van der Waals surface area contributed by atoms with Crippen LogP contribution in [0.1, 0.15) is 43.2 Å². The number of rotatable bonds is 6. The highest BCUT2D eigenvalue weighted by atomic mass is 32.1. The van der Waals surface area contributed by atoms with Crippen LogP contribution >= 0.6 is 11.3 Å². The molecule has 1 fully saturated rings. The van der Waals surface area contributed by atoms with E-state index in [9.17, 15) is 0 Å². The predicted molar refractivity (Wildman–Crippen MR) is 132 cm³/mol. The Morgan fingerprint density at radius 1 is 1.19 bits per heavy atom. The molecule has 8 nitrogen and oxygen atoms in total. The van der Waals surface area contributed by atoms with E-state index in [1.54, 1.807) is 18.4 Å². The van der Waals surface area contributed by atoms with Crippen LogP contribution in [0.2, 0.25) is 0 Å². The number of imidazole rings is 1. The molecular formula is C23H28N8S. The average Bonchev–Trinajstić information content (AvgIpc) is 3.36. The Balaban J connectivity index is 1.35. The van der Waals surface area contributed by atoms with Crippen LogP contribution in [0.4, 0.5) is 5.13 Å². The fourth-order valence-corrected chi connectivity index (χ4v) is 5.33. The summed E-state index contributed by atoms with van der Waals surface area (Å²) in [4.78, 5) is 9.35. The van der Waals surface area contributed by atoms with Crippen molar-refractivity contribution in [3.05, 3.63) is 53.9 Å². The standard InChI is InChI=1S/C23H28N8S/c1-30(25)29-22(24)16-8-10-20-19(12-16)26-14-31(20)13-15-7-9-18-21(11-15)32-23(28-18)27-17-5-3-2-4-6-17/h7-12,14,17H,2-6,13,25H2,1H3,(H2,24,29)(H,27,28). The molecule has 166 valence electrons. The van der Waals surface area contributed by atoms with E-state index < -0.39 is 0 Å². The Morgan fingerprint density at radius 2 is 2.03 bits per heavy atom. The molecule has 2 aromatic heterocycles. The second-order valence-electron chi connectivity index (χ2n) is 8.44. The summed E-state index contributed by atoms with van der Waals surface area (Å²) in [5.74, 6) is 5.92. The number of nitrogens with two attached hydrogens (primary N) is 2. The van der Waals surface area contributed by atoms with Crippen LogP contribution in [0.5, 0.6) is 0 Å². The van der Waals surface area contributed by atoms with Crippen molar-refractivity contribution < 1.29 is 0 Å². The molecule has 0 radical (unpaired) electrons. The Hall–Kier alpha value is -3.17. The number of hydrazone groups is 1. The Labute approximate surface area is 190 Å². The average molecular weight is 449 g/mol. The molecule has 2 heterocycles. The number of nitrogens with zero attached hydrogens (tertiary/aromatic N) is 5. The zero-order valence-corrected chi connectivity index (χ0v) is 19.0. The molecule has 1 aliphatic carbocycles. The molecule has 5 rings (SSSR count). The van der Waals surface area contributed by atoms with Crippen LogP contribution in [0.15, 0.2) is 47.8 Å². The van der Waals surface area contributed by atoms with Crippen LogP contribution in [-0.2, 0) is 6.54 Å². The number of thiazole rings is 1. The summed E-state index contributed by atoms with van der Waals surface area (Å²) >= 11 is 1.74. The topological polar surface area (TPSA) is 110 Å². The van der Waals surface area contributed by atoms with Gasteiger partial charge in [-0.3, -0.25) is 0 Å². The molecular weight excluding hydrogens is 420 g/mol. The molecule has 5 N–H and O–H groups in total. The summed E-state index contributed by atoms with van der Waals surface area (Å²) in [6.45, 7) is 0.740. The summed E-state index contributed by atoms with van der Waals surface area (Å²) in [5, 5.41) is 9.94. The maximum atomic E-state index is 6.01. The van der Waals surface area contributed by atoms with Gasteiger partial charge in [-0.1, -0.05) is 36.7 Å². The van der Waals surface area contributed by atoms with Gasteiger partial charge in [0.1, 0.15) is 0 Å². The van der Waals surface area contributed by atoms with Gasteiger partial charge in [0.25, 0.3) is 0 Å². The zero-order chi connectivity index (χ0) is 22.1. The van der Waals surface area contributed by atoms with Crippen LogP contribution in [0.3, 0.4) is 0 Å². The highest BCUT2D eigenvalue weighted by Gasteiger charge is 2.15. The number of hydrazine groups is 1. The third kappa shape index (κ3) is 4.39. The molecule has 1 saturated carbocycles. The Bertz CT molecular complexity index is 1270. The second kappa shape index (κ2) is 8.76. The Morgan fingerprint density at radius 3 is 2.84 bits per heavy atom. The number of fused-ring (bicyclic) bond motifs is 2. The van der Waals surface area contributed by atoms with Gasteiger partial charge in [-0.05, 0) is 48.7 Å². The first kappa shape index (κ1) is 20.7. The lowest BCUT2D eigenvalue weighted by Gasteiger charge is -2.22. The van der Waals surface area contributed by atoms with Gasteiger partial charge in [-0.2, -0.15) is 0 Å². The number of hydrogen-bond acceptors (Lipinski definition) is 7. The van der Waals surface area contributed by atoms with Gasteiger partial charge < -0.3 is 15.6 Å². The number of anilines is 1. The summed E-state index contributed by atoms with van der Waals surface area (Å²) in [6, 6.07) is 13.0. The lowest BCUT2D eigenvalue weighted by molar-refractivity contribution is 0.371. The normalized spacial score (nSPS) is 15.5. The van der Waals surface area contributed by atoms with Gasteiger partial charge in [-0.25, -0.2) is 20.9 Å². The third-order valence-electron chi connectivity index (χ3n) is 5.92. The number of hydrogen-bond donors (Lipinski definition) is 3. The SMILES string of the molecule is CN(N)/N=C(\N)c1ccc2c(c1)ncn2Cc1ccc2nc(NC3CCCCC3)sc2c1. The van der Waals surface area contributed by atoms with E-state index in [-0.39, 0.29) is 0 Å². The number of amidine groups is 1. The lowest BCUT2D eigenvalue weighted by atomic mass is 9.96. The van der Waals surface area contributed by atoms with Gasteiger partial charge in [0.05, 0.1) is 27.6 Å². The first-order chi connectivity index (χ1) is 15.5. The summed E-state index contributed by atoms with van der Waals surface area (Å²) < 4.78 is 3.35. The van der Waals surface area contributed by atoms with Gasteiger partial charge in [0, 0.05) is 25.2 Å². The smallest absolute Gasteiger partial charge is 0.184 e. The highest BCUT2D eigenvalue weighted by molar-refractivity contribution is 7.22. The van der Waals surface area contributed by atoms with Crippen molar-refractivity contribution in [3.8, 4) is 0 Å². The highest BCUT2D eigenvalue weighted by Crippen LogP contribution is 2.30. The Kier molecular flexibility index (Phi) is 5.67. The van der Waals surface area contributed by atoms with E-state index in [0.29, 0.717) is 11.9 Å². The van der Waals surface area contributed by atoms with Crippen molar-refractivity contribution in [3.63, 3.8) is 0 Å². The van der Waals surface area contributed by atoms with Crippen LogP contribution < -0.4 is 16.9 Å². The van der Waals surface area contributed by atoms with Gasteiger partial charge >= 0.3 is 0 Å². The number of benzene rings is 2. The number of aromatic nitrogens is 3. The van der Waals surface area contributed by atoms with Crippen LogP contribution in [0, 0.1) is 0 Å². The van der Waals surface area contributed by atoms with Crippen molar-refractivity contribution in [2.75, 3.05) is 12.4 Å². The monoisotopic (exact) mass is 448 g/mol. The van der Waals surface area contributed by atoms with E-state index >= 15 is 0 Å². The molecule has 9 heteroatoms. The van der Waals surface area contributed by atoms with E-state index in [1.807, 2.05) is 24.5 Å². The lowest BCUT2D eigenvalue weighted by Crippen LogP contribution is -2.25.